The lowest BCUT2D eigenvalue weighted by atomic mass is 10.2. The molecule has 0 aromatic rings. The van der Waals surface area contributed by atoms with Gasteiger partial charge in [-0.15, -0.1) is 0 Å². The van der Waals surface area contributed by atoms with Crippen molar-refractivity contribution in [1.29, 1.82) is 0 Å². The van der Waals surface area contributed by atoms with E-state index < -0.39 is 10.0 Å². The molecule has 0 N–H and O–H groups in total. The lowest BCUT2D eigenvalue weighted by molar-refractivity contribution is 0.469. The van der Waals surface area contributed by atoms with Crippen LogP contribution in [0.3, 0.4) is 0 Å². The fraction of sp³-hybridized carbons (Fsp3) is 1.00. The van der Waals surface area contributed by atoms with Crippen LogP contribution >= 0.6 is 0 Å². The summed E-state index contributed by atoms with van der Waals surface area (Å²) in [5.74, 6) is 0.537. The Morgan fingerprint density at radius 3 is 2.30 bits per heavy atom. The van der Waals surface area contributed by atoms with E-state index in [2.05, 4.69) is 6.92 Å². The second kappa shape index (κ2) is 2.51. The van der Waals surface area contributed by atoms with Crippen LogP contribution in [0.4, 0.5) is 0 Å². The van der Waals surface area contributed by atoms with Crippen LogP contribution in [-0.4, -0.2) is 32.1 Å². The highest BCUT2D eigenvalue weighted by molar-refractivity contribution is 7.88. The fourth-order valence-electron chi connectivity index (χ4n) is 1.20. The Labute approximate surface area is 62.1 Å². The van der Waals surface area contributed by atoms with E-state index in [9.17, 15) is 8.42 Å². The summed E-state index contributed by atoms with van der Waals surface area (Å²) < 4.78 is 23.3. The van der Waals surface area contributed by atoms with Gasteiger partial charge in [-0.1, -0.05) is 6.92 Å². The molecule has 4 heteroatoms. The minimum absolute atomic E-state index is 0.537. The Balaban J connectivity index is 2.62. The lowest BCUT2D eigenvalue weighted by Crippen LogP contribution is -2.27. The number of hydrogen-bond acceptors (Lipinski definition) is 2. The van der Waals surface area contributed by atoms with Crippen molar-refractivity contribution in [1.82, 2.24) is 4.31 Å². The van der Waals surface area contributed by atoms with Crippen LogP contribution in [0.25, 0.3) is 0 Å². The summed E-state index contributed by atoms with van der Waals surface area (Å²) in [6.45, 7) is 3.49. The Kier molecular flexibility index (Phi) is 2.01. The van der Waals surface area contributed by atoms with Crippen molar-refractivity contribution in [2.24, 2.45) is 5.92 Å². The van der Waals surface area contributed by atoms with E-state index in [-0.39, 0.29) is 0 Å². The van der Waals surface area contributed by atoms with E-state index in [0.29, 0.717) is 19.0 Å². The maximum Gasteiger partial charge on any atom is 0.211 e. The van der Waals surface area contributed by atoms with E-state index >= 15 is 0 Å². The van der Waals surface area contributed by atoms with E-state index in [0.717, 1.165) is 6.42 Å². The minimum Gasteiger partial charge on any atom is -0.213 e. The third-order valence-corrected chi connectivity index (χ3v) is 3.13. The molecule has 0 aromatic heterocycles. The molecule has 0 aliphatic carbocycles. The number of rotatable bonds is 1. The second-order valence-corrected chi connectivity index (χ2v) is 5.00. The molecule has 1 aliphatic rings. The standard InChI is InChI=1S/C6H13NO2S/c1-6-3-4-7(5-6)10(2,8)9/h6H,3-5H2,1-2H3/t6-/m0/s1. The summed E-state index contributed by atoms with van der Waals surface area (Å²) in [5.41, 5.74) is 0. The van der Waals surface area contributed by atoms with Crippen LogP contribution in [-0.2, 0) is 10.0 Å². The van der Waals surface area contributed by atoms with E-state index in [1.54, 1.807) is 0 Å². The van der Waals surface area contributed by atoms with Gasteiger partial charge in [0.05, 0.1) is 6.26 Å². The Morgan fingerprint density at radius 2 is 2.10 bits per heavy atom. The predicted octanol–water partition coefficient (Wildman–Crippen LogP) is 0.288. The van der Waals surface area contributed by atoms with Crippen LogP contribution in [0.15, 0.2) is 0 Å². The van der Waals surface area contributed by atoms with Gasteiger partial charge in [0, 0.05) is 13.1 Å². The van der Waals surface area contributed by atoms with Gasteiger partial charge < -0.3 is 0 Å². The first-order valence-electron chi connectivity index (χ1n) is 3.45. The van der Waals surface area contributed by atoms with E-state index in [1.165, 1.54) is 10.6 Å². The molecule has 0 unspecified atom stereocenters. The molecule has 0 amide bonds. The Hall–Kier alpha value is -0.0900. The first-order chi connectivity index (χ1) is 4.50. The van der Waals surface area contributed by atoms with E-state index in [1.807, 2.05) is 0 Å². The van der Waals surface area contributed by atoms with Crippen LogP contribution in [0.2, 0.25) is 0 Å². The van der Waals surface area contributed by atoms with Gasteiger partial charge in [0.15, 0.2) is 0 Å². The summed E-state index contributed by atoms with van der Waals surface area (Å²) in [6, 6.07) is 0. The van der Waals surface area contributed by atoms with Crippen molar-refractivity contribution in [3.8, 4) is 0 Å². The van der Waals surface area contributed by atoms with Crippen molar-refractivity contribution in [3.63, 3.8) is 0 Å². The van der Waals surface area contributed by atoms with Crippen LogP contribution < -0.4 is 0 Å². The normalized spacial score (nSPS) is 29.2. The topological polar surface area (TPSA) is 37.4 Å². The van der Waals surface area contributed by atoms with Crippen molar-refractivity contribution in [2.45, 2.75) is 13.3 Å². The van der Waals surface area contributed by atoms with Crippen LogP contribution in [0, 0.1) is 5.92 Å². The fourth-order valence-corrected chi connectivity index (χ4v) is 2.16. The highest BCUT2D eigenvalue weighted by atomic mass is 32.2. The summed E-state index contributed by atoms with van der Waals surface area (Å²) >= 11 is 0. The number of nitrogens with zero attached hydrogens (tertiary/aromatic N) is 1. The third-order valence-electron chi connectivity index (χ3n) is 1.86. The predicted molar refractivity (Wildman–Crippen MR) is 40.2 cm³/mol. The molecule has 1 heterocycles. The molecule has 1 fully saturated rings. The first kappa shape index (κ1) is 8.01. The summed E-state index contributed by atoms with van der Waals surface area (Å²) in [5, 5.41) is 0. The molecule has 0 aromatic carbocycles. The van der Waals surface area contributed by atoms with Crippen molar-refractivity contribution < 1.29 is 8.42 Å². The molecule has 0 bridgehead atoms. The first-order valence-corrected chi connectivity index (χ1v) is 5.30. The van der Waals surface area contributed by atoms with Crippen molar-refractivity contribution in [2.75, 3.05) is 19.3 Å². The lowest BCUT2D eigenvalue weighted by Gasteiger charge is -2.10. The zero-order valence-electron chi connectivity index (χ0n) is 6.37. The van der Waals surface area contributed by atoms with Crippen LogP contribution in [0.1, 0.15) is 13.3 Å². The largest absolute Gasteiger partial charge is 0.213 e. The van der Waals surface area contributed by atoms with Gasteiger partial charge in [-0.05, 0) is 12.3 Å². The average Bonchev–Trinajstić information content (AvgIpc) is 2.11. The van der Waals surface area contributed by atoms with Gasteiger partial charge in [0.2, 0.25) is 10.0 Å². The summed E-state index contributed by atoms with van der Waals surface area (Å²) in [6.07, 6.45) is 2.28. The maximum atomic E-state index is 10.9. The summed E-state index contributed by atoms with van der Waals surface area (Å²) in [4.78, 5) is 0. The molecular weight excluding hydrogens is 150 g/mol. The number of hydrogen-bond donors (Lipinski definition) is 0. The van der Waals surface area contributed by atoms with Crippen molar-refractivity contribution in [3.05, 3.63) is 0 Å². The van der Waals surface area contributed by atoms with Gasteiger partial charge in [-0.25, -0.2) is 12.7 Å². The molecule has 0 spiro atoms. The van der Waals surface area contributed by atoms with Crippen molar-refractivity contribution >= 4 is 10.0 Å². The summed E-state index contributed by atoms with van der Waals surface area (Å²) in [7, 11) is -2.90. The van der Waals surface area contributed by atoms with Gasteiger partial charge >= 0.3 is 0 Å². The smallest absolute Gasteiger partial charge is 0.211 e. The number of sulfonamides is 1. The molecule has 0 radical (unpaired) electrons. The van der Waals surface area contributed by atoms with Gasteiger partial charge in [0.25, 0.3) is 0 Å². The second-order valence-electron chi connectivity index (χ2n) is 3.01. The van der Waals surface area contributed by atoms with Gasteiger partial charge in [0.1, 0.15) is 0 Å². The zero-order chi connectivity index (χ0) is 7.78. The SMILES string of the molecule is C[C@H]1CCN(S(C)(=O)=O)C1. The molecule has 3 nitrogen and oxygen atoms in total. The van der Waals surface area contributed by atoms with E-state index in [4.69, 9.17) is 0 Å². The molecule has 1 atom stereocenters. The average molecular weight is 163 g/mol. The molecule has 1 aliphatic heterocycles. The maximum absolute atomic E-state index is 10.9. The Morgan fingerprint density at radius 1 is 1.50 bits per heavy atom. The Bertz CT molecular complexity index is 210. The molecular formula is C6H13NO2S. The van der Waals surface area contributed by atoms with Crippen LogP contribution in [0.5, 0.6) is 0 Å². The molecule has 10 heavy (non-hydrogen) atoms. The minimum atomic E-state index is -2.90. The molecule has 1 saturated heterocycles. The van der Waals surface area contributed by atoms with Gasteiger partial charge in [-0.3, -0.25) is 0 Å². The highest BCUT2D eigenvalue weighted by Crippen LogP contribution is 2.17. The monoisotopic (exact) mass is 163 g/mol. The quantitative estimate of drug-likeness (QED) is 0.557. The van der Waals surface area contributed by atoms with Gasteiger partial charge in [-0.2, -0.15) is 0 Å². The molecule has 1 rings (SSSR count). The molecule has 60 valence electrons. The highest BCUT2D eigenvalue weighted by Gasteiger charge is 2.25. The molecule has 0 saturated carbocycles. The third kappa shape index (κ3) is 1.70. The zero-order valence-corrected chi connectivity index (χ0v) is 7.19.